The van der Waals surface area contributed by atoms with E-state index in [0.717, 1.165) is 0 Å². The third-order valence-electron chi connectivity index (χ3n) is 2.70. The van der Waals surface area contributed by atoms with Crippen LogP contribution >= 0.6 is 0 Å². The minimum Gasteiger partial charge on any atom is -0.377 e. The number of sulfonamides is 1. The Morgan fingerprint density at radius 2 is 2.06 bits per heavy atom. The Bertz CT molecular complexity index is 313. The van der Waals surface area contributed by atoms with E-state index in [1.165, 1.54) is 17.1 Å². The average Bonchev–Trinajstić information content (AvgIpc) is 3.00. The molecule has 6 heteroatoms. The number of hydrogen-bond donors (Lipinski definition) is 1. The maximum Gasteiger partial charge on any atom is 0.215 e. The third-order valence-corrected chi connectivity index (χ3v) is 4.55. The fourth-order valence-corrected chi connectivity index (χ4v) is 2.43. The van der Waals surface area contributed by atoms with E-state index in [-0.39, 0.29) is 11.9 Å². The topological polar surface area (TPSA) is 58.6 Å². The lowest BCUT2D eigenvalue weighted by Gasteiger charge is -2.18. The maximum absolute atomic E-state index is 11.8. The molecule has 0 radical (unpaired) electrons. The van der Waals surface area contributed by atoms with Crippen molar-refractivity contribution in [1.29, 1.82) is 0 Å². The molecule has 1 rings (SSSR count). The quantitative estimate of drug-likeness (QED) is 0.656. The van der Waals surface area contributed by atoms with Gasteiger partial charge >= 0.3 is 0 Å². The summed E-state index contributed by atoms with van der Waals surface area (Å²) in [6.45, 7) is 5.29. The summed E-state index contributed by atoms with van der Waals surface area (Å²) in [7, 11) is -1.53. The summed E-state index contributed by atoms with van der Waals surface area (Å²) in [5.41, 5.74) is 0. The highest BCUT2D eigenvalue weighted by Gasteiger charge is 2.22. The highest BCUT2D eigenvalue weighted by Crippen LogP contribution is 2.18. The van der Waals surface area contributed by atoms with Gasteiger partial charge in [0.1, 0.15) is 0 Å². The van der Waals surface area contributed by atoms with Crippen molar-refractivity contribution in [2.45, 2.75) is 38.8 Å². The predicted molar refractivity (Wildman–Crippen MR) is 68.5 cm³/mol. The van der Waals surface area contributed by atoms with Crippen molar-refractivity contribution < 1.29 is 13.2 Å². The molecule has 0 unspecified atom stereocenters. The summed E-state index contributed by atoms with van der Waals surface area (Å²) in [6.07, 6.45) is 2.50. The molecule has 1 aliphatic carbocycles. The minimum atomic E-state index is -3.14. The molecule has 0 heterocycles. The Kier molecular flexibility index (Phi) is 5.85. The number of nitrogens with zero attached hydrogens (tertiary/aromatic N) is 1. The Morgan fingerprint density at radius 3 is 2.59 bits per heavy atom. The van der Waals surface area contributed by atoms with Crippen LogP contribution in [0.25, 0.3) is 0 Å². The van der Waals surface area contributed by atoms with Gasteiger partial charge in [-0.3, -0.25) is 0 Å². The first-order valence-corrected chi connectivity index (χ1v) is 7.81. The molecule has 0 saturated heterocycles. The van der Waals surface area contributed by atoms with Crippen LogP contribution < -0.4 is 5.32 Å². The third kappa shape index (κ3) is 6.35. The van der Waals surface area contributed by atoms with E-state index in [0.29, 0.717) is 25.7 Å². The highest BCUT2D eigenvalue weighted by molar-refractivity contribution is 7.89. The van der Waals surface area contributed by atoms with Crippen molar-refractivity contribution in [3.63, 3.8) is 0 Å². The van der Waals surface area contributed by atoms with Crippen LogP contribution in [0.1, 0.15) is 26.7 Å². The lowest BCUT2D eigenvalue weighted by molar-refractivity contribution is 0.0737. The van der Waals surface area contributed by atoms with Gasteiger partial charge in [-0.2, -0.15) is 0 Å². The Hall–Kier alpha value is -0.170. The molecule has 1 fully saturated rings. The van der Waals surface area contributed by atoms with Crippen LogP contribution in [0.4, 0.5) is 0 Å². The molecule has 1 saturated carbocycles. The van der Waals surface area contributed by atoms with Gasteiger partial charge in [-0.05, 0) is 26.7 Å². The van der Waals surface area contributed by atoms with Crippen LogP contribution in [0.5, 0.6) is 0 Å². The number of ether oxygens (including phenoxy) is 1. The lowest BCUT2D eigenvalue weighted by Crippen LogP contribution is -2.36. The van der Waals surface area contributed by atoms with Gasteiger partial charge in [0.15, 0.2) is 0 Å². The van der Waals surface area contributed by atoms with Gasteiger partial charge in [-0.1, -0.05) is 0 Å². The van der Waals surface area contributed by atoms with Gasteiger partial charge in [0.05, 0.1) is 18.5 Å². The number of nitrogens with one attached hydrogen (secondary N) is 1. The standard InChI is InChI=1S/C11H24N2O3S/c1-10(2)16-8-7-13(3)17(14,15)9-6-12-11-4-5-11/h10-12H,4-9H2,1-3H3. The molecule has 0 aromatic rings. The molecule has 1 N–H and O–H groups in total. The molecular formula is C11H24N2O3S. The molecule has 102 valence electrons. The molecule has 0 aromatic carbocycles. The second-order valence-electron chi connectivity index (χ2n) is 4.79. The number of hydrogen-bond acceptors (Lipinski definition) is 4. The van der Waals surface area contributed by atoms with Gasteiger partial charge in [-0.25, -0.2) is 12.7 Å². The van der Waals surface area contributed by atoms with Crippen molar-refractivity contribution in [3.8, 4) is 0 Å². The fourth-order valence-electron chi connectivity index (χ4n) is 1.39. The highest BCUT2D eigenvalue weighted by atomic mass is 32.2. The smallest absolute Gasteiger partial charge is 0.215 e. The van der Waals surface area contributed by atoms with Crippen molar-refractivity contribution >= 4 is 10.0 Å². The molecule has 0 aromatic heterocycles. The van der Waals surface area contributed by atoms with Crippen LogP contribution in [-0.4, -0.2) is 57.4 Å². The molecule has 1 aliphatic rings. The first-order valence-electron chi connectivity index (χ1n) is 6.21. The molecule has 5 nitrogen and oxygen atoms in total. The summed E-state index contributed by atoms with van der Waals surface area (Å²) in [6, 6.07) is 0.555. The SMILES string of the molecule is CC(C)OCCN(C)S(=O)(=O)CCNC1CC1. The maximum atomic E-state index is 11.8. The van der Waals surface area contributed by atoms with Crippen molar-refractivity contribution in [2.75, 3.05) is 32.5 Å². The van der Waals surface area contributed by atoms with Crippen molar-refractivity contribution in [3.05, 3.63) is 0 Å². The molecule has 0 atom stereocenters. The summed E-state index contributed by atoms with van der Waals surface area (Å²) in [5, 5.41) is 3.20. The average molecular weight is 264 g/mol. The van der Waals surface area contributed by atoms with Gasteiger partial charge in [0, 0.05) is 26.2 Å². The molecule has 0 aliphatic heterocycles. The van der Waals surface area contributed by atoms with Crippen LogP contribution in [-0.2, 0) is 14.8 Å². The first kappa shape index (κ1) is 14.9. The van der Waals surface area contributed by atoms with Gasteiger partial charge in [0.2, 0.25) is 10.0 Å². The Labute approximate surface area is 105 Å². The largest absolute Gasteiger partial charge is 0.377 e. The van der Waals surface area contributed by atoms with Crippen LogP contribution in [0.3, 0.4) is 0 Å². The van der Waals surface area contributed by atoms with Crippen LogP contribution in [0, 0.1) is 0 Å². The normalized spacial score (nSPS) is 17.0. The molecule has 0 amide bonds. The lowest BCUT2D eigenvalue weighted by atomic mass is 10.5. The summed E-state index contributed by atoms with van der Waals surface area (Å²) >= 11 is 0. The van der Waals surface area contributed by atoms with E-state index in [4.69, 9.17) is 4.74 Å². The van der Waals surface area contributed by atoms with E-state index in [1.807, 2.05) is 13.8 Å². The molecule has 17 heavy (non-hydrogen) atoms. The second kappa shape index (κ2) is 6.68. The van der Waals surface area contributed by atoms with E-state index in [1.54, 1.807) is 7.05 Å². The molecular weight excluding hydrogens is 240 g/mol. The first-order chi connectivity index (χ1) is 7.92. The van der Waals surface area contributed by atoms with E-state index in [9.17, 15) is 8.42 Å². The minimum absolute atomic E-state index is 0.141. The van der Waals surface area contributed by atoms with Gasteiger partial charge in [0.25, 0.3) is 0 Å². The zero-order valence-corrected chi connectivity index (χ0v) is 11.8. The summed E-state index contributed by atoms with van der Waals surface area (Å²) < 4.78 is 30.4. The fraction of sp³-hybridized carbons (Fsp3) is 1.00. The number of likely N-dealkylation sites (N-methyl/N-ethyl adjacent to an activating group) is 1. The Balaban J connectivity index is 2.19. The second-order valence-corrected chi connectivity index (χ2v) is 6.98. The van der Waals surface area contributed by atoms with Gasteiger partial charge in [-0.15, -0.1) is 0 Å². The van der Waals surface area contributed by atoms with E-state index < -0.39 is 10.0 Å². The Morgan fingerprint density at radius 1 is 1.41 bits per heavy atom. The summed E-state index contributed by atoms with van der Waals surface area (Å²) in [4.78, 5) is 0. The zero-order chi connectivity index (χ0) is 12.9. The van der Waals surface area contributed by atoms with Crippen molar-refractivity contribution in [2.24, 2.45) is 0 Å². The van der Waals surface area contributed by atoms with Crippen molar-refractivity contribution in [1.82, 2.24) is 9.62 Å². The number of rotatable bonds is 9. The van der Waals surface area contributed by atoms with E-state index in [2.05, 4.69) is 5.32 Å². The summed E-state index contributed by atoms with van der Waals surface area (Å²) in [5.74, 6) is 0.168. The predicted octanol–water partition coefficient (Wildman–Crippen LogP) is 0.425. The molecule has 0 bridgehead atoms. The molecule has 0 spiro atoms. The van der Waals surface area contributed by atoms with Crippen LogP contribution in [0.15, 0.2) is 0 Å². The monoisotopic (exact) mass is 264 g/mol. The van der Waals surface area contributed by atoms with E-state index >= 15 is 0 Å². The van der Waals surface area contributed by atoms with Crippen LogP contribution in [0.2, 0.25) is 0 Å². The van der Waals surface area contributed by atoms with Gasteiger partial charge < -0.3 is 10.1 Å². The zero-order valence-electron chi connectivity index (χ0n) is 11.0.